The second kappa shape index (κ2) is 9.94. The first-order valence-electron chi connectivity index (χ1n) is 6.18. The van der Waals surface area contributed by atoms with Gasteiger partial charge in [0.1, 0.15) is 0 Å². The molecule has 5 nitrogen and oxygen atoms in total. The van der Waals surface area contributed by atoms with Crippen molar-refractivity contribution >= 4 is 24.4 Å². The summed E-state index contributed by atoms with van der Waals surface area (Å²) in [5.74, 6) is -0.296. The van der Waals surface area contributed by atoms with Crippen LogP contribution in [0.5, 0.6) is 0 Å². The van der Waals surface area contributed by atoms with Crippen LogP contribution in [-0.4, -0.2) is 29.0 Å². The van der Waals surface area contributed by atoms with Gasteiger partial charge >= 0.3 is 7.12 Å². The van der Waals surface area contributed by atoms with E-state index in [1.165, 1.54) is 5.57 Å². The summed E-state index contributed by atoms with van der Waals surface area (Å²) in [6, 6.07) is 8.66. The SMILES string of the molecule is C=C(C)C.O=C1CCC(=O)N1.OB(O)c1ccccc1. The van der Waals surface area contributed by atoms with E-state index in [1.54, 1.807) is 24.3 Å². The van der Waals surface area contributed by atoms with Crippen molar-refractivity contribution in [3.63, 3.8) is 0 Å². The van der Waals surface area contributed by atoms with E-state index in [-0.39, 0.29) is 11.8 Å². The van der Waals surface area contributed by atoms with Crippen LogP contribution in [0.25, 0.3) is 0 Å². The highest BCUT2D eigenvalue weighted by molar-refractivity contribution is 6.58. The molecule has 2 amide bonds. The first-order chi connectivity index (χ1) is 9.32. The molecule has 1 aromatic carbocycles. The van der Waals surface area contributed by atoms with Crippen molar-refractivity contribution in [2.75, 3.05) is 0 Å². The Hall–Kier alpha value is -1.92. The number of amides is 2. The van der Waals surface area contributed by atoms with Crippen molar-refractivity contribution in [1.82, 2.24) is 5.32 Å². The highest BCUT2D eigenvalue weighted by atomic mass is 16.4. The molecule has 2 rings (SSSR count). The van der Waals surface area contributed by atoms with Crippen molar-refractivity contribution < 1.29 is 19.6 Å². The number of rotatable bonds is 1. The van der Waals surface area contributed by atoms with Crippen LogP contribution in [-0.2, 0) is 9.59 Å². The largest absolute Gasteiger partial charge is 0.488 e. The average Bonchev–Trinajstić information content (AvgIpc) is 2.74. The molecule has 108 valence electrons. The third-order valence-corrected chi connectivity index (χ3v) is 1.96. The molecule has 0 aromatic heterocycles. The summed E-state index contributed by atoms with van der Waals surface area (Å²) < 4.78 is 0. The molecule has 20 heavy (non-hydrogen) atoms. The van der Waals surface area contributed by atoms with E-state index in [0.717, 1.165) is 0 Å². The Balaban J connectivity index is 0.000000293. The fraction of sp³-hybridized carbons (Fsp3) is 0.286. The predicted molar refractivity (Wildman–Crippen MR) is 79.1 cm³/mol. The molecule has 6 heteroatoms. The zero-order chi connectivity index (χ0) is 15.5. The number of imide groups is 1. The second-order valence-corrected chi connectivity index (χ2v) is 4.46. The Labute approximate surface area is 119 Å². The van der Waals surface area contributed by atoms with Gasteiger partial charge in [-0.2, -0.15) is 0 Å². The van der Waals surface area contributed by atoms with Crippen LogP contribution in [0.1, 0.15) is 26.7 Å². The van der Waals surface area contributed by atoms with Crippen LogP contribution < -0.4 is 10.8 Å². The molecule has 0 radical (unpaired) electrons. The molecule has 1 fully saturated rings. The van der Waals surface area contributed by atoms with Crippen LogP contribution in [0.3, 0.4) is 0 Å². The van der Waals surface area contributed by atoms with Gasteiger partial charge in [0.15, 0.2) is 0 Å². The number of allylic oxidation sites excluding steroid dienone is 1. The van der Waals surface area contributed by atoms with Gasteiger partial charge in [-0.05, 0) is 19.3 Å². The standard InChI is InChI=1S/C6H7BO2.C4H5NO2.C4H8/c8-7(9)6-4-2-1-3-5-6;6-3-1-2-4(7)5-3;1-4(2)3/h1-5,8-9H;1-2H2,(H,5,6,7);1H2,2-3H3. The lowest BCUT2D eigenvalue weighted by molar-refractivity contribution is -0.124. The van der Waals surface area contributed by atoms with Crippen molar-refractivity contribution in [1.29, 1.82) is 0 Å². The maximum atomic E-state index is 10.1. The summed E-state index contributed by atoms with van der Waals surface area (Å²) in [4.78, 5) is 20.2. The number of nitrogens with one attached hydrogen (secondary N) is 1. The van der Waals surface area contributed by atoms with Crippen LogP contribution >= 0.6 is 0 Å². The molecular weight excluding hydrogens is 257 g/mol. The molecule has 0 spiro atoms. The lowest BCUT2D eigenvalue weighted by Gasteiger charge is -1.94. The third kappa shape index (κ3) is 10.0. The lowest BCUT2D eigenvalue weighted by atomic mass is 9.81. The first kappa shape index (κ1) is 18.1. The molecule has 1 saturated heterocycles. The summed E-state index contributed by atoms with van der Waals surface area (Å²) in [5.41, 5.74) is 1.69. The highest BCUT2D eigenvalue weighted by Gasteiger charge is 2.15. The molecule has 1 aliphatic rings. The smallest absolute Gasteiger partial charge is 0.423 e. The maximum Gasteiger partial charge on any atom is 0.488 e. The van der Waals surface area contributed by atoms with Crippen molar-refractivity contribution in [3.05, 3.63) is 42.5 Å². The molecule has 0 saturated carbocycles. The van der Waals surface area contributed by atoms with E-state index in [0.29, 0.717) is 18.3 Å². The summed E-state index contributed by atoms with van der Waals surface area (Å²) >= 11 is 0. The molecule has 0 unspecified atom stereocenters. The summed E-state index contributed by atoms with van der Waals surface area (Å²) in [6.07, 6.45) is 0.748. The third-order valence-electron chi connectivity index (χ3n) is 1.96. The lowest BCUT2D eigenvalue weighted by Crippen LogP contribution is -2.29. The molecule has 0 bridgehead atoms. The van der Waals surface area contributed by atoms with Gasteiger partial charge in [-0.15, -0.1) is 6.58 Å². The minimum Gasteiger partial charge on any atom is -0.423 e. The topological polar surface area (TPSA) is 86.6 Å². The molecule has 1 heterocycles. The van der Waals surface area contributed by atoms with E-state index < -0.39 is 7.12 Å². The van der Waals surface area contributed by atoms with Gasteiger partial charge in [0, 0.05) is 12.8 Å². The summed E-state index contributed by atoms with van der Waals surface area (Å²) in [5, 5.41) is 19.3. The molecule has 0 atom stereocenters. The Morgan fingerprint density at radius 3 is 1.70 bits per heavy atom. The summed E-state index contributed by atoms with van der Waals surface area (Å²) in [6.45, 7) is 7.50. The molecule has 0 aliphatic carbocycles. The first-order valence-corrected chi connectivity index (χ1v) is 6.18. The Morgan fingerprint density at radius 1 is 1.10 bits per heavy atom. The van der Waals surface area contributed by atoms with Crippen LogP contribution in [0.4, 0.5) is 0 Å². The maximum absolute atomic E-state index is 10.1. The quantitative estimate of drug-likeness (QED) is 0.393. The number of carbonyl (C=O) groups is 2. The van der Waals surface area contributed by atoms with Gasteiger partial charge in [-0.1, -0.05) is 35.9 Å². The Bertz CT molecular complexity index is 428. The predicted octanol–water partition coefficient (Wildman–Crippen LogP) is 0.372. The number of hydrogen-bond acceptors (Lipinski definition) is 4. The van der Waals surface area contributed by atoms with Crippen molar-refractivity contribution in [2.24, 2.45) is 0 Å². The Kier molecular flexibility index (Phi) is 8.99. The summed E-state index contributed by atoms with van der Waals surface area (Å²) in [7, 11) is -1.34. The van der Waals surface area contributed by atoms with Gasteiger partial charge in [0.25, 0.3) is 0 Å². The van der Waals surface area contributed by atoms with Gasteiger partial charge in [-0.3, -0.25) is 14.9 Å². The minimum absolute atomic E-state index is 0.148. The molecular formula is C14H20BNO4. The van der Waals surface area contributed by atoms with Crippen LogP contribution in [0.15, 0.2) is 42.5 Å². The van der Waals surface area contributed by atoms with E-state index in [2.05, 4.69) is 11.9 Å². The van der Waals surface area contributed by atoms with Gasteiger partial charge < -0.3 is 10.0 Å². The number of carbonyl (C=O) groups excluding carboxylic acids is 2. The van der Waals surface area contributed by atoms with E-state index in [1.807, 2.05) is 19.9 Å². The second-order valence-electron chi connectivity index (χ2n) is 4.46. The van der Waals surface area contributed by atoms with Crippen LogP contribution in [0.2, 0.25) is 0 Å². The number of benzene rings is 1. The highest BCUT2D eigenvalue weighted by Crippen LogP contribution is 1.95. The van der Waals surface area contributed by atoms with Gasteiger partial charge in [-0.25, -0.2) is 0 Å². The normalized spacial score (nSPS) is 12.4. The average molecular weight is 277 g/mol. The van der Waals surface area contributed by atoms with Gasteiger partial charge in [0.2, 0.25) is 11.8 Å². The Morgan fingerprint density at radius 2 is 1.50 bits per heavy atom. The zero-order valence-electron chi connectivity index (χ0n) is 11.8. The molecule has 1 aromatic rings. The fourth-order valence-corrected chi connectivity index (χ4v) is 1.13. The van der Waals surface area contributed by atoms with Gasteiger partial charge in [0.05, 0.1) is 0 Å². The number of hydrogen-bond donors (Lipinski definition) is 3. The van der Waals surface area contributed by atoms with E-state index in [4.69, 9.17) is 10.0 Å². The van der Waals surface area contributed by atoms with Crippen LogP contribution in [0, 0.1) is 0 Å². The fourth-order valence-electron chi connectivity index (χ4n) is 1.13. The minimum atomic E-state index is -1.34. The van der Waals surface area contributed by atoms with Crippen molar-refractivity contribution in [3.8, 4) is 0 Å². The van der Waals surface area contributed by atoms with E-state index in [9.17, 15) is 9.59 Å². The van der Waals surface area contributed by atoms with E-state index >= 15 is 0 Å². The molecule has 3 N–H and O–H groups in total. The zero-order valence-corrected chi connectivity index (χ0v) is 11.8. The molecule has 1 aliphatic heterocycles. The van der Waals surface area contributed by atoms with Crippen molar-refractivity contribution in [2.45, 2.75) is 26.7 Å². The monoisotopic (exact) mass is 277 g/mol.